The monoisotopic (exact) mass is 440 g/mol. The van der Waals surface area contributed by atoms with Crippen molar-refractivity contribution in [3.63, 3.8) is 0 Å². The third kappa shape index (κ3) is 3.42. The Hall–Kier alpha value is -2.67. The van der Waals surface area contributed by atoms with E-state index in [1.165, 1.54) is 0 Å². The average molecular weight is 441 g/mol. The van der Waals surface area contributed by atoms with E-state index in [0.29, 0.717) is 12.2 Å². The zero-order valence-corrected chi connectivity index (χ0v) is 17.4. The van der Waals surface area contributed by atoms with Gasteiger partial charge < -0.3 is 9.64 Å². The largest absolute Gasteiger partial charge is 0.497 e. The van der Waals surface area contributed by atoms with Crippen LogP contribution in [0.1, 0.15) is 40.6 Å². The third-order valence-electron chi connectivity index (χ3n) is 5.14. The summed E-state index contributed by atoms with van der Waals surface area (Å²) in [6, 6.07) is 15.7. The molecule has 7 heteroatoms. The van der Waals surface area contributed by atoms with Crippen LogP contribution in [-0.2, 0) is 0 Å². The molecule has 1 amide bonds. The number of rotatable bonds is 4. The number of hydrogen-bond acceptors (Lipinski definition) is 4. The lowest BCUT2D eigenvalue weighted by Crippen LogP contribution is -2.31. The zero-order chi connectivity index (χ0) is 19.7. The molecule has 0 aliphatic carbocycles. The topological polar surface area (TPSA) is 60.2 Å². The Morgan fingerprint density at radius 2 is 2.04 bits per heavy atom. The predicted molar refractivity (Wildman–Crippen MR) is 110 cm³/mol. The lowest BCUT2D eigenvalue weighted by molar-refractivity contribution is 0.0728. The number of nitrogens with zero attached hydrogens (tertiary/aromatic N) is 4. The quantitative estimate of drug-likeness (QED) is 0.605. The van der Waals surface area contributed by atoms with Crippen LogP contribution >= 0.6 is 15.9 Å². The molecule has 2 aromatic carbocycles. The van der Waals surface area contributed by atoms with Gasteiger partial charge in [-0.05, 0) is 55.7 Å². The second-order valence-corrected chi connectivity index (χ2v) is 7.76. The molecule has 3 aromatic rings. The van der Waals surface area contributed by atoms with Gasteiger partial charge in [0.25, 0.3) is 5.91 Å². The summed E-state index contributed by atoms with van der Waals surface area (Å²) in [5.41, 5.74) is 3.08. The Bertz CT molecular complexity index is 1020. The van der Waals surface area contributed by atoms with E-state index in [2.05, 4.69) is 26.2 Å². The second-order valence-electron chi connectivity index (χ2n) is 6.85. The molecule has 0 saturated carbocycles. The highest BCUT2D eigenvalue weighted by molar-refractivity contribution is 9.10. The van der Waals surface area contributed by atoms with Crippen molar-refractivity contribution in [2.45, 2.75) is 25.8 Å². The molecule has 0 spiro atoms. The molecular weight excluding hydrogens is 420 g/mol. The summed E-state index contributed by atoms with van der Waals surface area (Å²) in [6.45, 7) is 2.59. The third-order valence-corrected chi connectivity index (χ3v) is 5.64. The fourth-order valence-electron chi connectivity index (χ4n) is 3.72. The number of benzene rings is 2. The number of amides is 1. The van der Waals surface area contributed by atoms with Gasteiger partial charge in [-0.15, -0.1) is 5.10 Å². The van der Waals surface area contributed by atoms with Crippen molar-refractivity contribution in [1.29, 1.82) is 0 Å². The van der Waals surface area contributed by atoms with Gasteiger partial charge in [0, 0.05) is 11.0 Å². The van der Waals surface area contributed by atoms with E-state index in [1.54, 1.807) is 11.8 Å². The second kappa shape index (κ2) is 7.75. The Balaban J connectivity index is 1.64. The molecule has 144 valence electrons. The van der Waals surface area contributed by atoms with Crippen molar-refractivity contribution in [2.75, 3.05) is 13.7 Å². The van der Waals surface area contributed by atoms with Crippen LogP contribution in [0.25, 0.3) is 5.69 Å². The summed E-state index contributed by atoms with van der Waals surface area (Å²) in [5.74, 6) is 0.720. The molecule has 0 bridgehead atoms. The summed E-state index contributed by atoms with van der Waals surface area (Å²) in [6.07, 6.45) is 1.89. The number of halogens is 1. The van der Waals surface area contributed by atoms with Crippen molar-refractivity contribution >= 4 is 21.8 Å². The first-order valence-corrected chi connectivity index (χ1v) is 10.0. The van der Waals surface area contributed by atoms with Gasteiger partial charge >= 0.3 is 0 Å². The van der Waals surface area contributed by atoms with Crippen LogP contribution in [0.3, 0.4) is 0 Å². The zero-order valence-electron chi connectivity index (χ0n) is 15.8. The van der Waals surface area contributed by atoms with Crippen LogP contribution in [0.15, 0.2) is 53.0 Å². The Labute approximate surface area is 172 Å². The molecule has 1 atom stereocenters. The highest BCUT2D eigenvalue weighted by atomic mass is 79.9. The van der Waals surface area contributed by atoms with Crippen LogP contribution < -0.4 is 4.74 Å². The van der Waals surface area contributed by atoms with Crippen molar-refractivity contribution in [2.24, 2.45) is 0 Å². The van der Waals surface area contributed by atoms with E-state index in [-0.39, 0.29) is 11.9 Å². The minimum atomic E-state index is -0.0796. The Kier molecular flexibility index (Phi) is 5.17. The van der Waals surface area contributed by atoms with Crippen LogP contribution in [0, 0.1) is 6.92 Å². The Morgan fingerprint density at radius 1 is 1.21 bits per heavy atom. The summed E-state index contributed by atoms with van der Waals surface area (Å²) in [7, 11) is 1.65. The molecule has 1 unspecified atom stereocenters. The maximum Gasteiger partial charge on any atom is 0.276 e. The van der Waals surface area contributed by atoms with Crippen molar-refractivity contribution in [3.05, 3.63) is 70.0 Å². The molecule has 2 heterocycles. The number of carbonyl (C=O) groups excluding carboxylic acids is 1. The summed E-state index contributed by atoms with van der Waals surface area (Å²) >= 11 is 3.47. The lowest BCUT2D eigenvalue weighted by Gasteiger charge is -2.24. The molecule has 6 nitrogen and oxygen atoms in total. The van der Waals surface area contributed by atoms with Crippen LogP contribution in [0.5, 0.6) is 5.75 Å². The number of carbonyl (C=O) groups is 1. The first-order chi connectivity index (χ1) is 13.6. The van der Waals surface area contributed by atoms with Crippen LogP contribution in [0.4, 0.5) is 0 Å². The van der Waals surface area contributed by atoms with Gasteiger partial charge in [0.1, 0.15) is 5.75 Å². The van der Waals surface area contributed by atoms with Crippen molar-refractivity contribution in [3.8, 4) is 11.4 Å². The van der Waals surface area contributed by atoms with E-state index in [1.807, 2.05) is 60.4 Å². The number of hydrogen-bond donors (Lipinski definition) is 0. The van der Waals surface area contributed by atoms with Crippen LogP contribution in [0.2, 0.25) is 0 Å². The minimum Gasteiger partial charge on any atom is -0.497 e. The number of ether oxygens (including phenoxy) is 1. The number of likely N-dealkylation sites (tertiary alicyclic amines) is 1. The molecule has 1 saturated heterocycles. The highest BCUT2D eigenvalue weighted by Crippen LogP contribution is 2.34. The normalized spacial score (nSPS) is 16.4. The fourth-order valence-corrected chi connectivity index (χ4v) is 4.11. The molecule has 1 aliphatic rings. The highest BCUT2D eigenvalue weighted by Gasteiger charge is 2.33. The molecule has 0 N–H and O–H groups in total. The molecular formula is C21H21BrN4O2. The maximum atomic E-state index is 13.3. The van der Waals surface area contributed by atoms with E-state index in [9.17, 15) is 4.79 Å². The maximum absolute atomic E-state index is 13.3. The van der Waals surface area contributed by atoms with E-state index in [0.717, 1.165) is 40.0 Å². The molecule has 4 rings (SSSR count). The van der Waals surface area contributed by atoms with Gasteiger partial charge in [-0.25, -0.2) is 4.68 Å². The number of aromatic nitrogens is 3. The predicted octanol–water partition coefficient (Wildman–Crippen LogP) is 4.32. The molecule has 28 heavy (non-hydrogen) atoms. The van der Waals surface area contributed by atoms with Gasteiger partial charge in [0.15, 0.2) is 5.69 Å². The first kappa shape index (κ1) is 18.7. The number of methoxy groups -OCH3 is 1. The lowest BCUT2D eigenvalue weighted by atomic mass is 10.0. The van der Waals surface area contributed by atoms with E-state index >= 15 is 0 Å². The van der Waals surface area contributed by atoms with Gasteiger partial charge in [-0.1, -0.05) is 39.3 Å². The van der Waals surface area contributed by atoms with Crippen LogP contribution in [-0.4, -0.2) is 39.5 Å². The first-order valence-electron chi connectivity index (χ1n) is 9.21. The van der Waals surface area contributed by atoms with E-state index < -0.39 is 0 Å². The molecule has 1 fully saturated rings. The summed E-state index contributed by atoms with van der Waals surface area (Å²) in [4.78, 5) is 15.2. The molecule has 1 aromatic heterocycles. The van der Waals surface area contributed by atoms with Crippen molar-refractivity contribution in [1.82, 2.24) is 19.9 Å². The smallest absolute Gasteiger partial charge is 0.276 e. The van der Waals surface area contributed by atoms with Gasteiger partial charge in [-0.3, -0.25) is 4.79 Å². The SMILES string of the molecule is COc1cccc(C2CCCN2C(=O)c2nnn(-c3cccc(Br)c3)c2C)c1. The Morgan fingerprint density at radius 3 is 2.82 bits per heavy atom. The van der Waals surface area contributed by atoms with Crippen molar-refractivity contribution < 1.29 is 9.53 Å². The molecule has 1 aliphatic heterocycles. The minimum absolute atomic E-state index is 0.0259. The standard InChI is InChI=1S/C21H21BrN4O2/c1-14-20(23-24-26(14)17-8-4-7-16(22)13-17)21(27)25-11-5-10-19(25)15-6-3-9-18(12-15)28-2/h3-4,6-9,12-13,19H,5,10-11H2,1-2H3. The average Bonchev–Trinajstić information content (AvgIpc) is 3.34. The summed E-state index contributed by atoms with van der Waals surface area (Å²) in [5, 5.41) is 8.43. The van der Waals surface area contributed by atoms with E-state index in [4.69, 9.17) is 4.74 Å². The summed E-state index contributed by atoms with van der Waals surface area (Å²) < 4.78 is 8.00. The molecule has 0 radical (unpaired) electrons. The van der Waals surface area contributed by atoms with Gasteiger partial charge in [0.05, 0.1) is 24.5 Å². The fraction of sp³-hybridized carbons (Fsp3) is 0.286. The van der Waals surface area contributed by atoms with Gasteiger partial charge in [-0.2, -0.15) is 0 Å². The van der Waals surface area contributed by atoms with Gasteiger partial charge in [0.2, 0.25) is 0 Å².